The van der Waals surface area contributed by atoms with Gasteiger partial charge in [-0.15, -0.1) is 0 Å². The number of carbonyl (C=O) groups excluding carboxylic acids is 1. The van der Waals surface area contributed by atoms with Gasteiger partial charge >= 0.3 is 0 Å². The topological polar surface area (TPSA) is 56.2 Å². The van der Waals surface area contributed by atoms with E-state index in [9.17, 15) is 4.79 Å². The van der Waals surface area contributed by atoms with E-state index >= 15 is 0 Å². The number of benzene rings is 1. The average molecular weight is 350 g/mol. The van der Waals surface area contributed by atoms with Crippen LogP contribution in [-0.4, -0.2) is 22.2 Å². The van der Waals surface area contributed by atoms with E-state index in [0.717, 1.165) is 15.7 Å². The molecule has 1 aromatic heterocycles. The van der Waals surface area contributed by atoms with E-state index in [0.29, 0.717) is 25.4 Å². The molecule has 1 aliphatic rings. The van der Waals surface area contributed by atoms with Crippen molar-refractivity contribution in [2.45, 2.75) is 26.2 Å². The van der Waals surface area contributed by atoms with Crippen LogP contribution in [0.5, 0.6) is 0 Å². The van der Waals surface area contributed by atoms with E-state index in [-0.39, 0.29) is 12.0 Å². The van der Waals surface area contributed by atoms with Crippen LogP contribution in [0.2, 0.25) is 0 Å². The zero-order valence-corrected chi connectivity index (χ0v) is 13.3. The fourth-order valence-electron chi connectivity index (χ4n) is 2.37. The predicted molar refractivity (Wildman–Crippen MR) is 81.9 cm³/mol. The number of ether oxygens (including phenoxy) is 1. The van der Waals surface area contributed by atoms with Gasteiger partial charge < -0.3 is 10.1 Å². The van der Waals surface area contributed by atoms with Gasteiger partial charge in [0.25, 0.3) is 5.91 Å². The van der Waals surface area contributed by atoms with E-state index in [1.54, 1.807) is 6.07 Å². The second kappa shape index (κ2) is 5.99. The average Bonchev–Trinajstić information content (AvgIpc) is 2.91. The molecule has 5 nitrogen and oxygen atoms in total. The molecule has 21 heavy (non-hydrogen) atoms. The normalized spacial score (nSPS) is 17.3. The largest absolute Gasteiger partial charge is 0.365 e. The molecule has 0 radical (unpaired) electrons. The molecule has 1 atom stereocenters. The SMILES string of the molecule is CCNC(=O)c1cc2n(n1)C[C@@H](c1ccc(Br)cc1)OC2. The summed E-state index contributed by atoms with van der Waals surface area (Å²) < 4.78 is 8.78. The van der Waals surface area contributed by atoms with Crippen molar-refractivity contribution < 1.29 is 9.53 Å². The number of nitrogens with zero attached hydrogens (tertiary/aromatic N) is 2. The van der Waals surface area contributed by atoms with Gasteiger partial charge in [0, 0.05) is 11.0 Å². The Morgan fingerprint density at radius 2 is 2.24 bits per heavy atom. The molecule has 0 unspecified atom stereocenters. The fourth-order valence-corrected chi connectivity index (χ4v) is 2.63. The van der Waals surface area contributed by atoms with Crippen molar-refractivity contribution in [3.05, 3.63) is 51.8 Å². The molecule has 2 aromatic rings. The number of amides is 1. The number of carbonyl (C=O) groups is 1. The Bertz CT molecular complexity index is 651. The molecule has 3 rings (SSSR count). The number of fused-ring (bicyclic) bond motifs is 1. The van der Waals surface area contributed by atoms with Crippen molar-refractivity contribution in [2.75, 3.05) is 6.54 Å². The summed E-state index contributed by atoms with van der Waals surface area (Å²) in [6.45, 7) is 3.57. The number of halogens is 1. The Balaban J connectivity index is 1.79. The maximum Gasteiger partial charge on any atom is 0.271 e. The summed E-state index contributed by atoms with van der Waals surface area (Å²) in [5.41, 5.74) is 2.50. The van der Waals surface area contributed by atoms with Gasteiger partial charge in [0.1, 0.15) is 6.10 Å². The Labute approximate surface area is 131 Å². The van der Waals surface area contributed by atoms with Gasteiger partial charge in [-0.2, -0.15) is 5.10 Å². The minimum Gasteiger partial charge on any atom is -0.365 e. The van der Waals surface area contributed by atoms with Crippen molar-refractivity contribution in [3.63, 3.8) is 0 Å². The maximum absolute atomic E-state index is 11.8. The van der Waals surface area contributed by atoms with E-state index < -0.39 is 0 Å². The molecule has 0 saturated carbocycles. The molecule has 1 aromatic carbocycles. The van der Waals surface area contributed by atoms with Crippen LogP contribution in [0.1, 0.15) is 34.8 Å². The second-order valence-corrected chi connectivity index (χ2v) is 5.83. The Morgan fingerprint density at radius 1 is 1.48 bits per heavy atom. The van der Waals surface area contributed by atoms with Crippen LogP contribution in [-0.2, 0) is 17.9 Å². The first-order chi connectivity index (χ1) is 10.2. The summed E-state index contributed by atoms with van der Waals surface area (Å²) in [5.74, 6) is -0.139. The van der Waals surface area contributed by atoms with Gasteiger partial charge in [-0.1, -0.05) is 28.1 Å². The number of hydrogen-bond donors (Lipinski definition) is 1. The van der Waals surface area contributed by atoms with Crippen molar-refractivity contribution in [3.8, 4) is 0 Å². The predicted octanol–water partition coefficient (Wildman–Crippen LogP) is 2.67. The van der Waals surface area contributed by atoms with Crippen molar-refractivity contribution in [1.29, 1.82) is 0 Å². The number of aromatic nitrogens is 2. The van der Waals surface area contributed by atoms with Crippen LogP contribution >= 0.6 is 15.9 Å². The standard InChI is InChI=1S/C15H16BrN3O2/c1-2-17-15(20)13-7-12-9-21-14(8-19(12)18-13)10-3-5-11(16)6-4-10/h3-7,14H,2,8-9H2,1H3,(H,17,20)/t14-/m0/s1. The number of nitrogens with one attached hydrogen (secondary N) is 1. The highest BCUT2D eigenvalue weighted by Gasteiger charge is 2.23. The molecule has 0 aliphatic carbocycles. The molecule has 0 spiro atoms. The molecule has 6 heteroatoms. The van der Waals surface area contributed by atoms with Crippen molar-refractivity contribution >= 4 is 21.8 Å². The third-order valence-electron chi connectivity index (χ3n) is 3.45. The molecule has 1 N–H and O–H groups in total. The van der Waals surface area contributed by atoms with Gasteiger partial charge in [-0.3, -0.25) is 9.48 Å². The van der Waals surface area contributed by atoms with Crippen LogP contribution in [0, 0.1) is 0 Å². The molecular formula is C15H16BrN3O2. The van der Waals surface area contributed by atoms with Crippen LogP contribution in [0.15, 0.2) is 34.8 Å². The third-order valence-corrected chi connectivity index (χ3v) is 3.97. The zero-order chi connectivity index (χ0) is 14.8. The highest BCUT2D eigenvalue weighted by atomic mass is 79.9. The lowest BCUT2D eigenvalue weighted by Crippen LogP contribution is -2.24. The van der Waals surface area contributed by atoms with Gasteiger partial charge in [0.2, 0.25) is 0 Å². The Kier molecular flexibility index (Phi) is 4.07. The van der Waals surface area contributed by atoms with E-state index in [1.165, 1.54) is 0 Å². The van der Waals surface area contributed by atoms with Crippen molar-refractivity contribution in [2.24, 2.45) is 0 Å². The molecule has 1 amide bonds. The summed E-state index contributed by atoms with van der Waals surface area (Å²) in [4.78, 5) is 11.8. The maximum atomic E-state index is 11.8. The summed E-state index contributed by atoms with van der Waals surface area (Å²) in [6.07, 6.45) is -0.0346. The zero-order valence-electron chi connectivity index (χ0n) is 11.7. The summed E-state index contributed by atoms with van der Waals surface area (Å²) in [7, 11) is 0. The highest BCUT2D eigenvalue weighted by Crippen LogP contribution is 2.27. The summed E-state index contributed by atoms with van der Waals surface area (Å²) >= 11 is 3.43. The van der Waals surface area contributed by atoms with Crippen LogP contribution < -0.4 is 5.32 Å². The van der Waals surface area contributed by atoms with E-state index in [1.807, 2.05) is 35.9 Å². The minimum atomic E-state index is -0.139. The molecule has 0 fully saturated rings. The van der Waals surface area contributed by atoms with E-state index in [2.05, 4.69) is 26.3 Å². The summed E-state index contributed by atoms with van der Waals surface area (Å²) in [6, 6.07) is 9.86. The highest BCUT2D eigenvalue weighted by molar-refractivity contribution is 9.10. The molecular weight excluding hydrogens is 334 g/mol. The quantitative estimate of drug-likeness (QED) is 0.926. The summed E-state index contributed by atoms with van der Waals surface area (Å²) in [5, 5.41) is 7.14. The molecule has 110 valence electrons. The second-order valence-electron chi connectivity index (χ2n) is 4.91. The van der Waals surface area contributed by atoms with E-state index in [4.69, 9.17) is 4.74 Å². The lowest BCUT2D eigenvalue weighted by molar-refractivity contribution is -0.00120. The van der Waals surface area contributed by atoms with Gasteiger partial charge in [0.15, 0.2) is 5.69 Å². The van der Waals surface area contributed by atoms with Gasteiger partial charge in [-0.25, -0.2) is 0 Å². The van der Waals surface area contributed by atoms with Gasteiger partial charge in [-0.05, 0) is 30.7 Å². The first-order valence-electron chi connectivity index (χ1n) is 6.89. The van der Waals surface area contributed by atoms with Crippen LogP contribution in [0.3, 0.4) is 0 Å². The first kappa shape index (κ1) is 14.3. The molecule has 1 aliphatic heterocycles. The monoisotopic (exact) mass is 349 g/mol. The Morgan fingerprint density at radius 3 is 2.95 bits per heavy atom. The number of rotatable bonds is 3. The lowest BCUT2D eigenvalue weighted by atomic mass is 10.1. The number of hydrogen-bond acceptors (Lipinski definition) is 3. The third kappa shape index (κ3) is 3.01. The molecule has 2 heterocycles. The minimum absolute atomic E-state index is 0.0346. The lowest BCUT2D eigenvalue weighted by Gasteiger charge is -2.24. The van der Waals surface area contributed by atoms with Crippen LogP contribution in [0.4, 0.5) is 0 Å². The van der Waals surface area contributed by atoms with Gasteiger partial charge in [0.05, 0.1) is 18.8 Å². The van der Waals surface area contributed by atoms with Crippen molar-refractivity contribution in [1.82, 2.24) is 15.1 Å². The van der Waals surface area contributed by atoms with Crippen LogP contribution in [0.25, 0.3) is 0 Å². The smallest absolute Gasteiger partial charge is 0.271 e. The Hall–Kier alpha value is -1.66. The first-order valence-corrected chi connectivity index (χ1v) is 7.68. The molecule has 0 saturated heterocycles. The fraction of sp³-hybridized carbons (Fsp3) is 0.333. The molecule has 0 bridgehead atoms.